The van der Waals surface area contributed by atoms with E-state index in [0.717, 1.165) is 12.5 Å². The molecule has 0 saturated carbocycles. The number of carbonyl (C=O) groups excluding carboxylic acids is 1. The van der Waals surface area contributed by atoms with Gasteiger partial charge in [0.2, 0.25) is 0 Å². The maximum absolute atomic E-state index is 11.0. The van der Waals surface area contributed by atoms with Crippen molar-refractivity contribution < 1.29 is 14.0 Å². The molecule has 0 bridgehead atoms. The zero-order valence-electron chi connectivity index (χ0n) is 9.92. The van der Waals surface area contributed by atoms with E-state index in [1.54, 1.807) is 7.11 Å². The highest BCUT2D eigenvalue weighted by molar-refractivity contribution is 6.71. The third kappa shape index (κ3) is 6.15. The van der Waals surface area contributed by atoms with Crippen LogP contribution in [0.2, 0.25) is 19.1 Å². The molecule has 4 heteroatoms. The maximum atomic E-state index is 11.0. The van der Waals surface area contributed by atoms with E-state index in [9.17, 15) is 4.79 Å². The van der Waals surface area contributed by atoms with Gasteiger partial charge in [0.1, 0.15) is 0 Å². The van der Waals surface area contributed by atoms with E-state index in [0.29, 0.717) is 6.42 Å². The first-order valence-corrected chi connectivity index (χ1v) is 8.27. The Bertz CT molecular complexity index is 180. The molecule has 0 rings (SSSR count). The predicted molar refractivity (Wildman–Crippen MR) is 59.8 cm³/mol. The van der Waals surface area contributed by atoms with Crippen LogP contribution < -0.4 is 0 Å². The number of carbonyl (C=O) groups is 1. The Morgan fingerprint density at radius 3 is 2.43 bits per heavy atom. The van der Waals surface area contributed by atoms with Crippen LogP contribution in [0, 0.1) is 0 Å². The molecule has 0 aliphatic carbocycles. The topological polar surface area (TPSA) is 35.5 Å². The van der Waals surface area contributed by atoms with Crippen LogP contribution in [0.15, 0.2) is 0 Å². The van der Waals surface area contributed by atoms with E-state index in [4.69, 9.17) is 9.16 Å². The van der Waals surface area contributed by atoms with Crippen molar-refractivity contribution in [2.75, 3.05) is 7.11 Å². The van der Waals surface area contributed by atoms with E-state index in [2.05, 4.69) is 13.1 Å². The maximum Gasteiger partial charge on any atom is 0.305 e. The highest BCUT2D eigenvalue weighted by atomic mass is 28.4. The Morgan fingerprint density at radius 1 is 1.43 bits per heavy atom. The summed E-state index contributed by atoms with van der Waals surface area (Å²) in [7, 11) is 0.266. The smallest absolute Gasteiger partial charge is 0.305 e. The van der Waals surface area contributed by atoms with Gasteiger partial charge in [-0.1, -0.05) is 6.92 Å². The Hall–Kier alpha value is -0.353. The second-order valence-corrected chi connectivity index (χ2v) is 8.58. The molecule has 1 atom stereocenters. The van der Waals surface area contributed by atoms with Crippen LogP contribution in [0.3, 0.4) is 0 Å². The molecule has 0 aliphatic rings. The lowest BCUT2D eigenvalue weighted by Gasteiger charge is -2.21. The van der Waals surface area contributed by atoms with Gasteiger partial charge in [-0.25, -0.2) is 0 Å². The number of hydrogen-bond acceptors (Lipinski definition) is 3. The molecule has 3 nitrogen and oxygen atoms in total. The lowest BCUT2D eigenvalue weighted by Crippen LogP contribution is -2.30. The van der Waals surface area contributed by atoms with Gasteiger partial charge in [0.05, 0.1) is 6.10 Å². The second-order valence-electron chi connectivity index (χ2n) is 4.16. The summed E-state index contributed by atoms with van der Waals surface area (Å²) >= 11 is 0. The minimum atomic E-state index is -1.49. The lowest BCUT2D eigenvalue weighted by molar-refractivity contribution is -0.147. The first kappa shape index (κ1) is 13.6. The van der Waals surface area contributed by atoms with Crippen LogP contribution in [0.4, 0.5) is 0 Å². The third-order valence-electron chi connectivity index (χ3n) is 2.33. The van der Waals surface area contributed by atoms with Gasteiger partial charge in [0.15, 0.2) is 8.32 Å². The summed E-state index contributed by atoms with van der Waals surface area (Å²) < 4.78 is 10.6. The van der Waals surface area contributed by atoms with Crippen molar-refractivity contribution in [3.05, 3.63) is 0 Å². The molecule has 0 heterocycles. The molecular formula is C10H22O3Si. The number of rotatable bonds is 6. The SMILES string of the molecule is CCC(=O)OC(C)CC[Si](C)(C)OC. The van der Waals surface area contributed by atoms with Crippen molar-refractivity contribution in [2.45, 2.75) is 51.9 Å². The van der Waals surface area contributed by atoms with E-state index in [-0.39, 0.29) is 12.1 Å². The van der Waals surface area contributed by atoms with Crippen molar-refractivity contribution in [1.82, 2.24) is 0 Å². The summed E-state index contributed by atoms with van der Waals surface area (Å²) in [5.74, 6) is -0.116. The van der Waals surface area contributed by atoms with Gasteiger partial charge >= 0.3 is 5.97 Å². The fourth-order valence-corrected chi connectivity index (χ4v) is 2.33. The van der Waals surface area contributed by atoms with Crippen LogP contribution in [0.5, 0.6) is 0 Å². The van der Waals surface area contributed by atoms with Crippen molar-refractivity contribution in [2.24, 2.45) is 0 Å². The Labute approximate surface area is 87.9 Å². The average molecular weight is 218 g/mol. The number of esters is 1. The molecule has 0 amide bonds. The van der Waals surface area contributed by atoms with Crippen molar-refractivity contribution in [3.8, 4) is 0 Å². The Balaban J connectivity index is 3.74. The van der Waals surface area contributed by atoms with Gasteiger partial charge in [-0.05, 0) is 32.5 Å². The summed E-state index contributed by atoms with van der Waals surface area (Å²) in [6.07, 6.45) is 1.37. The molecule has 0 saturated heterocycles. The normalized spacial score (nSPS) is 13.8. The molecule has 0 aromatic carbocycles. The quantitative estimate of drug-likeness (QED) is 0.508. The highest BCUT2D eigenvalue weighted by Gasteiger charge is 2.22. The Morgan fingerprint density at radius 2 is 2.00 bits per heavy atom. The first-order chi connectivity index (χ1) is 6.41. The molecule has 0 N–H and O–H groups in total. The fraction of sp³-hybridized carbons (Fsp3) is 0.900. The zero-order chi connectivity index (χ0) is 11.2. The van der Waals surface area contributed by atoms with Gasteiger partial charge in [0, 0.05) is 13.5 Å². The largest absolute Gasteiger partial charge is 0.463 e. The van der Waals surface area contributed by atoms with Gasteiger partial charge in [-0.15, -0.1) is 0 Å². The average Bonchev–Trinajstić information content (AvgIpc) is 2.15. The van der Waals surface area contributed by atoms with Crippen LogP contribution in [-0.4, -0.2) is 27.5 Å². The van der Waals surface area contributed by atoms with Crippen molar-refractivity contribution in [1.29, 1.82) is 0 Å². The standard InChI is InChI=1S/C10H22O3Si/c1-6-10(11)13-9(2)7-8-14(4,5)12-3/h9H,6-8H2,1-5H3. The summed E-state index contributed by atoms with van der Waals surface area (Å²) in [4.78, 5) is 11.0. The molecular weight excluding hydrogens is 196 g/mol. The molecule has 0 aromatic heterocycles. The molecule has 0 aromatic rings. The summed E-state index contributed by atoms with van der Waals surface area (Å²) in [6, 6.07) is 1.03. The Kier molecular flexibility index (Phi) is 6.03. The van der Waals surface area contributed by atoms with Gasteiger partial charge in [-0.2, -0.15) is 0 Å². The van der Waals surface area contributed by atoms with E-state index in [1.165, 1.54) is 0 Å². The number of ether oxygens (including phenoxy) is 1. The molecule has 0 radical (unpaired) electrons. The number of hydrogen-bond donors (Lipinski definition) is 0. The highest BCUT2D eigenvalue weighted by Crippen LogP contribution is 2.15. The van der Waals surface area contributed by atoms with Crippen molar-refractivity contribution in [3.63, 3.8) is 0 Å². The van der Waals surface area contributed by atoms with E-state index < -0.39 is 8.32 Å². The molecule has 1 unspecified atom stereocenters. The van der Waals surface area contributed by atoms with Crippen molar-refractivity contribution >= 4 is 14.3 Å². The van der Waals surface area contributed by atoms with Crippen LogP contribution in [-0.2, 0) is 14.0 Å². The zero-order valence-corrected chi connectivity index (χ0v) is 10.9. The minimum Gasteiger partial charge on any atom is -0.463 e. The summed E-state index contributed by atoms with van der Waals surface area (Å²) in [5.41, 5.74) is 0. The molecule has 14 heavy (non-hydrogen) atoms. The van der Waals surface area contributed by atoms with Crippen LogP contribution >= 0.6 is 0 Å². The van der Waals surface area contributed by atoms with E-state index in [1.807, 2.05) is 13.8 Å². The van der Waals surface area contributed by atoms with Crippen LogP contribution in [0.1, 0.15) is 26.7 Å². The minimum absolute atomic E-state index is 0.0179. The molecule has 0 fully saturated rings. The van der Waals surface area contributed by atoms with Gasteiger partial charge < -0.3 is 9.16 Å². The second kappa shape index (κ2) is 6.19. The van der Waals surface area contributed by atoms with Crippen LogP contribution in [0.25, 0.3) is 0 Å². The lowest BCUT2D eigenvalue weighted by atomic mass is 10.3. The van der Waals surface area contributed by atoms with E-state index >= 15 is 0 Å². The molecule has 0 spiro atoms. The predicted octanol–water partition coefficient (Wildman–Crippen LogP) is 2.57. The third-order valence-corrected chi connectivity index (χ3v) is 4.92. The summed E-state index contributed by atoms with van der Waals surface area (Å²) in [5, 5.41) is 0. The molecule has 0 aliphatic heterocycles. The first-order valence-electron chi connectivity index (χ1n) is 5.16. The monoisotopic (exact) mass is 218 g/mol. The molecule has 84 valence electrons. The summed E-state index contributed by atoms with van der Waals surface area (Å²) in [6.45, 7) is 8.08. The fourth-order valence-electron chi connectivity index (χ4n) is 1.02. The van der Waals surface area contributed by atoms with Gasteiger partial charge in [-0.3, -0.25) is 4.79 Å². The van der Waals surface area contributed by atoms with Gasteiger partial charge in [0.25, 0.3) is 0 Å².